The Morgan fingerprint density at radius 3 is 2.74 bits per heavy atom. The first-order valence-corrected chi connectivity index (χ1v) is 7.61. The molecular formula is C16H13N5OS. The minimum Gasteiger partial charge on any atom is -0.497 e. The molecule has 0 bridgehead atoms. The molecule has 6 nitrogen and oxygen atoms in total. The van der Waals surface area contributed by atoms with Crippen molar-refractivity contribution < 1.29 is 4.74 Å². The van der Waals surface area contributed by atoms with Crippen LogP contribution in [0.15, 0.2) is 47.0 Å². The van der Waals surface area contributed by atoms with Crippen LogP contribution in [0, 0.1) is 11.3 Å². The van der Waals surface area contributed by atoms with Crippen molar-refractivity contribution >= 4 is 29.0 Å². The first-order chi connectivity index (χ1) is 11.2. The molecule has 2 heterocycles. The van der Waals surface area contributed by atoms with Crippen LogP contribution in [-0.4, -0.2) is 17.1 Å². The Labute approximate surface area is 137 Å². The molecule has 0 amide bonds. The number of nitriles is 1. The standard InChI is InChI=1S/C16H13N5OS/c1-22-11-4-2-10(3-5-11)14-9-23-15(20-14)12(8-17)13-6-7-19-16(18)21-13/h2-7,9,20H,1H3,(H2,18,19,21)/b15-12-. The number of nitrogens with zero attached hydrogens (tertiary/aromatic N) is 3. The van der Waals surface area contributed by atoms with Gasteiger partial charge in [-0.1, -0.05) is 11.8 Å². The Hall–Kier alpha value is -2.98. The third kappa shape index (κ3) is 3.12. The third-order valence-corrected chi connectivity index (χ3v) is 4.11. The normalized spacial score (nSPS) is 15.4. The molecule has 7 heteroatoms. The number of hydrogen-bond acceptors (Lipinski definition) is 7. The molecule has 0 saturated carbocycles. The highest BCUT2D eigenvalue weighted by Gasteiger charge is 2.18. The monoisotopic (exact) mass is 323 g/mol. The smallest absolute Gasteiger partial charge is 0.220 e. The first kappa shape index (κ1) is 14.9. The highest BCUT2D eigenvalue weighted by Crippen LogP contribution is 2.34. The van der Waals surface area contributed by atoms with Crippen LogP contribution in [0.5, 0.6) is 5.75 Å². The minimum absolute atomic E-state index is 0.141. The molecular weight excluding hydrogens is 310 g/mol. The zero-order valence-electron chi connectivity index (χ0n) is 12.3. The van der Waals surface area contributed by atoms with Gasteiger partial charge >= 0.3 is 0 Å². The molecule has 0 spiro atoms. The number of nitrogens with two attached hydrogens (primary N) is 1. The number of thioether (sulfide) groups is 1. The lowest BCUT2D eigenvalue weighted by atomic mass is 10.1. The van der Waals surface area contributed by atoms with Crippen LogP contribution in [0.3, 0.4) is 0 Å². The maximum atomic E-state index is 9.45. The Bertz CT molecular complexity index is 836. The quantitative estimate of drug-likeness (QED) is 0.838. The van der Waals surface area contributed by atoms with E-state index in [-0.39, 0.29) is 5.95 Å². The fourth-order valence-electron chi connectivity index (χ4n) is 2.07. The predicted octanol–water partition coefficient (Wildman–Crippen LogP) is 2.59. The summed E-state index contributed by atoms with van der Waals surface area (Å²) in [6.45, 7) is 0. The molecule has 23 heavy (non-hydrogen) atoms. The summed E-state index contributed by atoms with van der Waals surface area (Å²) in [4.78, 5) is 7.95. The van der Waals surface area contributed by atoms with Crippen molar-refractivity contribution in [2.75, 3.05) is 12.8 Å². The maximum Gasteiger partial charge on any atom is 0.220 e. The highest BCUT2D eigenvalue weighted by atomic mass is 32.2. The topological polar surface area (TPSA) is 96.8 Å². The molecule has 0 fully saturated rings. The largest absolute Gasteiger partial charge is 0.497 e. The van der Waals surface area contributed by atoms with E-state index in [2.05, 4.69) is 21.4 Å². The van der Waals surface area contributed by atoms with Gasteiger partial charge in [-0.05, 0) is 35.9 Å². The van der Waals surface area contributed by atoms with E-state index < -0.39 is 0 Å². The van der Waals surface area contributed by atoms with Crippen molar-refractivity contribution in [2.24, 2.45) is 0 Å². The summed E-state index contributed by atoms with van der Waals surface area (Å²) in [6.07, 6.45) is 1.53. The zero-order chi connectivity index (χ0) is 16.2. The van der Waals surface area contributed by atoms with Gasteiger partial charge in [0.15, 0.2) is 0 Å². The van der Waals surface area contributed by atoms with E-state index in [4.69, 9.17) is 10.5 Å². The number of nitrogens with one attached hydrogen (secondary N) is 1. The Morgan fingerprint density at radius 1 is 1.30 bits per heavy atom. The molecule has 114 valence electrons. The van der Waals surface area contributed by atoms with Gasteiger partial charge in [0.2, 0.25) is 5.95 Å². The number of methoxy groups -OCH3 is 1. The van der Waals surface area contributed by atoms with E-state index in [9.17, 15) is 5.26 Å². The van der Waals surface area contributed by atoms with E-state index in [0.29, 0.717) is 11.3 Å². The van der Waals surface area contributed by atoms with Crippen LogP contribution in [0.1, 0.15) is 11.3 Å². The number of allylic oxidation sites excluding steroid dienone is 1. The lowest BCUT2D eigenvalue weighted by Gasteiger charge is -2.08. The van der Waals surface area contributed by atoms with E-state index in [1.807, 2.05) is 29.7 Å². The average Bonchev–Trinajstić information content (AvgIpc) is 3.05. The fraction of sp³-hybridized carbons (Fsp3) is 0.0625. The van der Waals surface area contributed by atoms with Crippen molar-refractivity contribution in [1.29, 1.82) is 5.26 Å². The molecule has 0 aliphatic carbocycles. The predicted molar refractivity (Wildman–Crippen MR) is 90.7 cm³/mol. The van der Waals surface area contributed by atoms with Gasteiger partial charge in [0, 0.05) is 11.6 Å². The van der Waals surface area contributed by atoms with E-state index in [1.54, 1.807) is 13.2 Å². The summed E-state index contributed by atoms with van der Waals surface area (Å²) in [6, 6.07) is 11.5. The van der Waals surface area contributed by atoms with Gasteiger partial charge in [0.25, 0.3) is 0 Å². The summed E-state index contributed by atoms with van der Waals surface area (Å²) in [5.74, 6) is 0.937. The Balaban J connectivity index is 1.87. The van der Waals surface area contributed by atoms with E-state index in [1.165, 1.54) is 18.0 Å². The second-order valence-corrected chi connectivity index (χ2v) is 5.50. The molecule has 0 unspecified atom stereocenters. The van der Waals surface area contributed by atoms with Crippen LogP contribution in [0.25, 0.3) is 11.3 Å². The molecule has 1 aliphatic rings. The number of nitrogen functional groups attached to an aromatic ring is 1. The molecule has 2 aromatic rings. The van der Waals surface area contributed by atoms with Gasteiger partial charge in [-0.15, -0.1) is 0 Å². The summed E-state index contributed by atoms with van der Waals surface area (Å²) in [7, 11) is 1.63. The molecule has 3 rings (SSSR count). The molecule has 0 saturated heterocycles. The summed E-state index contributed by atoms with van der Waals surface area (Å²) in [5, 5.41) is 15.4. The first-order valence-electron chi connectivity index (χ1n) is 6.73. The Morgan fingerprint density at radius 2 is 2.09 bits per heavy atom. The second-order valence-electron chi connectivity index (χ2n) is 4.62. The van der Waals surface area contributed by atoms with Gasteiger partial charge < -0.3 is 15.8 Å². The van der Waals surface area contributed by atoms with Gasteiger partial charge in [-0.2, -0.15) is 5.26 Å². The van der Waals surface area contributed by atoms with Gasteiger partial charge in [0.05, 0.1) is 23.5 Å². The van der Waals surface area contributed by atoms with Crippen molar-refractivity contribution in [3.63, 3.8) is 0 Å². The number of aromatic nitrogens is 2. The third-order valence-electron chi connectivity index (χ3n) is 3.21. The SMILES string of the molecule is COc1ccc(C2=CS/C(=C(/C#N)c3ccnc(N)n3)N2)cc1. The number of anilines is 1. The van der Waals surface area contributed by atoms with Crippen molar-refractivity contribution in [1.82, 2.24) is 15.3 Å². The van der Waals surface area contributed by atoms with Gasteiger partial charge in [0.1, 0.15) is 17.4 Å². The van der Waals surface area contributed by atoms with Crippen LogP contribution < -0.4 is 15.8 Å². The summed E-state index contributed by atoms with van der Waals surface area (Å²) in [5.41, 5.74) is 8.45. The lowest BCUT2D eigenvalue weighted by molar-refractivity contribution is 0.415. The van der Waals surface area contributed by atoms with Crippen LogP contribution in [0.2, 0.25) is 0 Å². The van der Waals surface area contributed by atoms with Crippen molar-refractivity contribution in [2.45, 2.75) is 0 Å². The number of rotatable bonds is 3. The molecule has 0 radical (unpaired) electrons. The van der Waals surface area contributed by atoms with Crippen molar-refractivity contribution in [3.05, 3.63) is 58.2 Å². The zero-order valence-corrected chi connectivity index (χ0v) is 13.1. The van der Waals surface area contributed by atoms with Crippen LogP contribution in [-0.2, 0) is 0 Å². The van der Waals surface area contributed by atoms with E-state index >= 15 is 0 Å². The fourth-order valence-corrected chi connectivity index (χ4v) is 2.94. The highest BCUT2D eigenvalue weighted by molar-refractivity contribution is 8.06. The molecule has 1 aromatic carbocycles. The number of ether oxygens (including phenoxy) is 1. The summed E-state index contributed by atoms with van der Waals surface area (Å²) < 4.78 is 5.15. The van der Waals surface area contributed by atoms with Crippen LogP contribution in [0.4, 0.5) is 5.95 Å². The molecule has 3 N–H and O–H groups in total. The molecule has 1 aliphatic heterocycles. The van der Waals surface area contributed by atoms with Crippen LogP contribution >= 0.6 is 11.8 Å². The van der Waals surface area contributed by atoms with Gasteiger partial charge in [-0.25, -0.2) is 9.97 Å². The second kappa shape index (κ2) is 6.42. The van der Waals surface area contributed by atoms with Crippen molar-refractivity contribution in [3.8, 4) is 11.8 Å². The van der Waals surface area contributed by atoms with E-state index in [0.717, 1.165) is 22.0 Å². The Kier molecular flexibility index (Phi) is 4.17. The molecule has 1 aromatic heterocycles. The molecule has 0 atom stereocenters. The average molecular weight is 323 g/mol. The summed E-state index contributed by atoms with van der Waals surface area (Å²) >= 11 is 1.44. The lowest BCUT2D eigenvalue weighted by Crippen LogP contribution is -2.07. The number of hydrogen-bond donors (Lipinski definition) is 2. The maximum absolute atomic E-state index is 9.45. The minimum atomic E-state index is 0.141. The number of benzene rings is 1. The van der Waals surface area contributed by atoms with Gasteiger partial charge in [-0.3, -0.25) is 0 Å².